The molecule has 5 nitrogen and oxygen atoms in total. The van der Waals surface area contributed by atoms with Gasteiger partial charge in [-0.15, -0.1) is 0 Å². The van der Waals surface area contributed by atoms with E-state index in [9.17, 15) is 5.11 Å². The number of rotatable bonds is 3. The molecule has 0 aliphatic carbocycles. The topological polar surface area (TPSA) is 54.3 Å². The van der Waals surface area contributed by atoms with Crippen LogP contribution in [0.4, 0.5) is 5.69 Å². The third-order valence-electron chi connectivity index (χ3n) is 4.63. The number of ether oxygens (including phenoxy) is 2. The molecular formula is C20H22N2O3. The van der Waals surface area contributed by atoms with Gasteiger partial charge in [0.2, 0.25) is 5.90 Å². The van der Waals surface area contributed by atoms with Gasteiger partial charge in [-0.1, -0.05) is 30.3 Å². The highest BCUT2D eigenvalue weighted by molar-refractivity contribution is 5.95. The maximum Gasteiger partial charge on any atom is 0.216 e. The molecule has 5 heteroatoms. The zero-order valence-corrected chi connectivity index (χ0v) is 14.0. The van der Waals surface area contributed by atoms with E-state index in [0.29, 0.717) is 12.4 Å². The Morgan fingerprint density at radius 2 is 1.68 bits per heavy atom. The second-order valence-electron chi connectivity index (χ2n) is 6.31. The van der Waals surface area contributed by atoms with Crippen molar-refractivity contribution >= 4 is 11.6 Å². The van der Waals surface area contributed by atoms with Crippen molar-refractivity contribution in [2.24, 2.45) is 4.99 Å². The maximum absolute atomic E-state index is 10.3. The van der Waals surface area contributed by atoms with Gasteiger partial charge >= 0.3 is 0 Å². The van der Waals surface area contributed by atoms with Crippen LogP contribution in [0.3, 0.4) is 0 Å². The monoisotopic (exact) mass is 338 g/mol. The summed E-state index contributed by atoms with van der Waals surface area (Å²) in [5.41, 5.74) is 3.08. The Kier molecular flexibility index (Phi) is 4.68. The smallest absolute Gasteiger partial charge is 0.216 e. The Labute approximate surface area is 147 Å². The highest BCUT2D eigenvalue weighted by Gasteiger charge is 2.28. The Balaban J connectivity index is 1.51. The molecule has 2 aliphatic rings. The standard InChI is InChI=1S/C20H22N2O3/c23-18-14-21-20(25-19(18)15-4-2-1-3-5-15)16-6-8-17(9-7-16)22-10-12-24-13-11-22/h1-9,18-19,23H,10-14H2. The molecule has 2 aromatic carbocycles. The van der Waals surface area contributed by atoms with E-state index >= 15 is 0 Å². The number of hydrogen-bond acceptors (Lipinski definition) is 5. The molecule has 2 aliphatic heterocycles. The number of anilines is 1. The predicted octanol–water partition coefficient (Wildman–Crippen LogP) is 2.40. The fourth-order valence-electron chi connectivity index (χ4n) is 3.24. The van der Waals surface area contributed by atoms with E-state index in [1.807, 2.05) is 42.5 Å². The summed E-state index contributed by atoms with van der Waals surface area (Å²) in [6, 6.07) is 18.0. The molecule has 2 heterocycles. The molecule has 2 aromatic rings. The number of nitrogens with zero attached hydrogens (tertiary/aromatic N) is 2. The molecule has 0 aromatic heterocycles. The van der Waals surface area contributed by atoms with Gasteiger partial charge < -0.3 is 19.5 Å². The molecule has 0 bridgehead atoms. The first-order valence-electron chi connectivity index (χ1n) is 8.68. The Bertz CT molecular complexity index is 724. The van der Waals surface area contributed by atoms with Crippen molar-refractivity contribution in [1.82, 2.24) is 0 Å². The van der Waals surface area contributed by atoms with Crippen LogP contribution in [0, 0.1) is 0 Å². The van der Waals surface area contributed by atoms with Crippen molar-refractivity contribution in [1.29, 1.82) is 0 Å². The Hall–Kier alpha value is -2.37. The van der Waals surface area contributed by atoms with Crippen LogP contribution < -0.4 is 4.90 Å². The van der Waals surface area contributed by atoms with E-state index < -0.39 is 6.10 Å². The SMILES string of the molecule is OC1CN=C(c2ccc(N3CCOCC3)cc2)OC1c1ccccc1. The van der Waals surface area contributed by atoms with Gasteiger partial charge in [0.1, 0.15) is 6.10 Å². The molecule has 0 radical (unpaired) electrons. The lowest BCUT2D eigenvalue weighted by molar-refractivity contribution is 0.0217. The minimum absolute atomic E-state index is 0.347. The molecule has 1 saturated heterocycles. The summed E-state index contributed by atoms with van der Waals surface area (Å²) in [6.07, 6.45) is -1.01. The third-order valence-corrected chi connectivity index (χ3v) is 4.63. The molecule has 25 heavy (non-hydrogen) atoms. The number of benzene rings is 2. The van der Waals surface area contributed by atoms with Crippen LogP contribution in [-0.4, -0.2) is 50.0 Å². The highest BCUT2D eigenvalue weighted by atomic mass is 16.5. The fraction of sp³-hybridized carbons (Fsp3) is 0.350. The van der Waals surface area contributed by atoms with Gasteiger partial charge in [0.15, 0.2) is 6.10 Å². The van der Waals surface area contributed by atoms with Gasteiger partial charge in [-0.25, -0.2) is 4.99 Å². The summed E-state index contributed by atoms with van der Waals surface area (Å²) in [5, 5.41) is 10.3. The number of morpholine rings is 1. The predicted molar refractivity (Wildman–Crippen MR) is 97.2 cm³/mol. The van der Waals surface area contributed by atoms with Crippen molar-refractivity contribution in [2.75, 3.05) is 37.7 Å². The fourth-order valence-corrected chi connectivity index (χ4v) is 3.24. The van der Waals surface area contributed by atoms with Crippen molar-refractivity contribution in [3.63, 3.8) is 0 Å². The molecule has 0 saturated carbocycles. The molecular weight excluding hydrogens is 316 g/mol. The van der Waals surface area contributed by atoms with E-state index in [2.05, 4.69) is 22.0 Å². The van der Waals surface area contributed by atoms with Gasteiger partial charge in [-0.3, -0.25) is 0 Å². The first kappa shape index (κ1) is 16.1. The average Bonchev–Trinajstić information content (AvgIpc) is 2.70. The van der Waals surface area contributed by atoms with Crippen LogP contribution in [-0.2, 0) is 9.47 Å². The van der Waals surface area contributed by atoms with E-state index in [-0.39, 0.29) is 6.10 Å². The zero-order valence-electron chi connectivity index (χ0n) is 14.0. The van der Waals surface area contributed by atoms with E-state index in [4.69, 9.17) is 9.47 Å². The van der Waals surface area contributed by atoms with Crippen LogP contribution in [0.25, 0.3) is 0 Å². The summed E-state index contributed by atoms with van der Waals surface area (Å²) in [6.45, 7) is 3.72. The first-order chi connectivity index (χ1) is 12.3. The van der Waals surface area contributed by atoms with Gasteiger partial charge in [0, 0.05) is 24.3 Å². The summed E-state index contributed by atoms with van der Waals surface area (Å²) < 4.78 is 11.4. The number of hydrogen-bond donors (Lipinski definition) is 1. The normalized spacial score (nSPS) is 23.7. The lowest BCUT2D eigenvalue weighted by Gasteiger charge is -2.30. The lowest BCUT2D eigenvalue weighted by atomic mass is 10.0. The molecule has 1 fully saturated rings. The maximum atomic E-state index is 10.3. The third kappa shape index (κ3) is 3.52. The molecule has 2 unspecified atom stereocenters. The summed E-state index contributed by atoms with van der Waals surface area (Å²) >= 11 is 0. The molecule has 130 valence electrons. The summed E-state index contributed by atoms with van der Waals surface area (Å²) in [4.78, 5) is 6.72. The van der Waals surface area contributed by atoms with Gasteiger partial charge in [-0.2, -0.15) is 0 Å². The molecule has 0 spiro atoms. The summed E-state index contributed by atoms with van der Waals surface area (Å²) in [7, 11) is 0. The minimum atomic E-state index is -0.626. The average molecular weight is 338 g/mol. The van der Waals surface area contributed by atoms with E-state index in [1.165, 1.54) is 5.69 Å². The number of aliphatic hydroxyl groups is 1. The van der Waals surface area contributed by atoms with Crippen LogP contribution in [0.2, 0.25) is 0 Å². The minimum Gasteiger partial charge on any atom is -0.466 e. The highest BCUT2D eigenvalue weighted by Crippen LogP contribution is 2.27. The molecule has 1 N–H and O–H groups in total. The Morgan fingerprint density at radius 1 is 0.960 bits per heavy atom. The van der Waals surface area contributed by atoms with Crippen LogP contribution >= 0.6 is 0 Å². The van der Waals surface area contributed by atoms with Gasteiger partial charge in [-0.05, 0) is 29.8 Å². The van der Waals surface area contributed by atoms with Crippen LogP contribution in [0.5, 0.6) is 0 Å². The summed E-state index contributed by atoms with van der Waals surface area (Å²) in [5.74, 6) is 0.590. The number of aliphatic imine (C=N–C) groups is 1. The van der Waals surface area contributed by atoms with Crippen LogP contribution in [0.15, 0.2) is 59.6 Å². The largest absolute Gasteiger partial charge is 0.466 e. The quantitative estimate of drug-likeness (QED) is 0.934. The lowest BCUT2D eigenvalue weighted by Crippen LogP contribution is -2.36. The zero-order chi connectivity index (χ0) is 17.1. The van der Waals surface area contributed by atoms with Crippen molar-refractivity contribution in [2.45, 2.75) is 12.2 Å². The molecule has 0 amide bonds. The van der Waals surface area contributed by atoms with E-state index in [1.54, 1.807) is 0 Å². The van der Waals surface area contributed by atoms with Crippen molar-refractivity contribution in [3.8, 4) is 0 Å². The molecule has 2 atom stereocenters. The Morgan fingerprint density at radius 3 is 2.40 bits per heavy atom. The second kappa shape index (κ2) is 7.25. The first-order valence-corrected chi connectivity index (χ1v) is 8.68. The van der Waals surface area contributed by atoms with E-state index in [0.717, 1.165) is 37.4 Å². The second-order valence-corrected chi connectivity index (χ2v) is 6.31. The molecule has 4 rings (SSSR count). The van der Waals surface area contributed by atoms with Crippen molar-refractivity contribution < 1.29 is 14.6 Å². The number of aliphatic hydroxyl groups excluding tert-OH is 1. The van der Waals surface area contributed by atoms with Gasteiger partial charge in [0.05, 0.1) is 19.8 Å². The van der Waals surface area contributed by atoms with Crippen molar-refractivity contribution in [3.05, 3.63) is 65.7 Å². The van der Waals surface area contributed by atoms with Gasteiger partial charge in [0.25, 0.3) is 0 Å². The van der Waals surface area contributed by atoms with Crippen LogP contribution in [0.1, 0.15) is 17.2 Å².